The van der Waals surface area contributed by atoms with E-state index < -0.39 is 5.54 Å². The Hall–Kier alpha value is -0.610. The number of amides is 1. The molecular formula is C11H22N2O2. The van der Waals surface area contributed by atoms with Crippen LogP contribution in [0.2, 0.25) is 0 Å². The first-order chi connectivity index (χ1) is 7.08. The van der Waals surface area contributed by atoms with Gasteiger partial charge in [-0.15, -0.1) is 0 Å². The number of nitrogens with two attached hydrogens (primary N) is 1. The van der Waals surface area contributed by atoms with Crippen LogP contribution in [-0.2, 0) is 9.53 Å². The normalized spacial score (nSPS) is 20.7. The van der Waals surface area contributed by atoms with Crippen molar-refractivity contribution < 1.29 is 9.53 Å². The van der Waals surface area contributed by atoms with E-state index >= 15 is 0 Å². The van der Waals surface area contributed by atoms with Crippen LogP contribution in [0.1, 0.15) is 39.5 Å². The van der Waals surface area contributed by atoms with Crippen molar-refractivity contribution in [2.24, 2.45) is 5.73 Å². The lowest BCUT2D eigenvalue weighted by Gasteiger charge is -2.30. The maximum absolute atomic E-state index is 11.3. The monoisotopic (exact) mass is 214 g/mol. The highest BCUT2D eigenvalue weighted by Gasteiger charge is 2.30. The average Bonchev–Trinajstić information content (AvgIpc) is 2.09. The van der Waals surface area contributed by atoms with Crippen LogP contribution in [0.25, 0.3) is 0 Å². The molecule has 88 valence electrons. The minimum atomic E-state index is -0.626. The van der Waals surface area contributed by atoms with Crippen LogP contribution in [0.5, 0.6) is 0 Å². The lowest BCUT2D eigenvalue weighted by atomic mass is 9.95. The summed E-state index contributed by atoms with van der Waals surface area (Å²) >= 11 is 0. The Morgan fingerprint density at radius 3 is 2.67 bits per heavy atom. The predicted octanol–water partition coefficient (Wildman–Crippen LogP) is 0.799. The fourth-order valence-electron chi connectivity index (χ4n) is 1.66. The van der Waals surface area contributed by atoms with E-state index in [9.17, 15) is 4.79 Å². The van der Waals surface area contributed by atoms with Crippen molar-refractivity contribution in [3.8, 4) is 0 Å². The van der Waals surface area contributed by atoms with Gasteiger partial charge >= 0.3 is 0 Å². The Morgan fingerprint density at radius 2 is 2.27 bits per heavy atom. The third-order valence-corrected chi connectivity index (χ3v) is 3.12. The summed E-state index contributed by atoms with van der Waals surface area (Å²) in [6.45, 7) is 5.15. The van der Waals surface area contributed by atoms with Gasteiger partial charge in [-0.1, -0.05) is 6.92 Å². The number of likely N-dealkylation sites (N-methyl/N-ethyl adjacent to an activating group) is 1. The van der Waals surface area contributed by atoms with Gasteiger partial charge in [0.15, 0.2) is 0 Å². The number of rotatable bonds is 7. The Morgan fingerprint density at radius 1 is 1.60 bits per heavy atom. The summed E-state index contributed by atoms with van der Waals surface area (Å²) in [4.78, 5) is 11.3. The van der Waals surface area contributed by atoms with Crippen molar-refractivity contribution in [3.63, 3.8) is 0 Å². The van der Waals surface area contributed by atoms with Crippen molar-refractivity contribution in [2.75, 3.05) is 13.2 Å². The molecule has 0 bridgehead atoms. The van der Waals surface area contributed by atoms with Crippen LogP contribution in [0.3, 0.4) is 0 Å². The van der Waals surface area contributed by atoms with Crippen molar-refractivity contribution in [1.82, 2.24) is 5.32 Å². The van der Waals surface area contributed by atoms with Gasteiger partial charge < -0.3 is 15.8 Å². The first kappa shape index (κ1) is 12.5. The molecule has 0 heterocycles. The van der Waals surface area contributed by atoms with E-state index in [0.717, 1.165) is 19.4 Å². The number of nitrogens with one attached hydrogen (secondary N) is 1. The minimum Gasteiger partial charge on any atom is -0.378 e. The Kier molecular flexibility index (Phi) is 4.54. The van der Waals surface area contributed by atoms with Gasteiger partial charge in [0.2, 0.25) is 5.91 Å². The zero-order valence-electron chi connectivity index (χ0n) is 9.71. The van der Waals surface area contributed by atoms with Gasteiger partial charge in [0.1, 0.15) is 0 Å². The summed E-state index contributed by atoms with van der Waals surface area (Å²) in [6, 6.07) is 0. The lowest BCUT2D eigenvalue weighted by molar-refractivity contribution is -0.125. The highest BCUT2D eigenvalue weighted by Crippen LogP contribution is 2.22. The predicted molar refractivity (Wildman–Crippen MR) is 59.5 cm³/mol. The fourth-order valence-corrected chi connectivity index (χ4v) is 1.66. The number of carbonyl (C=O) groups excluding carboxylic acids is 1. The topological polar surface area (TPSA) is 64.3 Å². The molecule has 0 aromatic rings. The van der Waals surface area contributed by atoms with E-state index in [1.165, 1.54) is 6.42 Å². The maximum Gasteiger partial charge on any atom is 0.237 e. The van der Waals surface area contributed by atoms with E-state index in [0.29, 0.717) is 19.1 Å². The maximum atomic E-state index is 11.3. The second-order valence-corrected chi connectivity index (χ2v) is 4.40. The summed E-state index contributed by atoms with van der Waals surface area (Å²) in [7, 11) is 0. The molecule has 0 aromatic carbocycles. The molecule has 1 unspecified atom stereocenters. The van der Waals surface area contributed by atoms with Gasteiger partial charge in [-0.2, -0.15) is 0 Å². The first-order valence-electron chi connectivity index (χ1n) is 5.75. The SMILES string of the molecule is CCNC(C)(CCOC1CCC1)C(N)=O. The third kappa shape index (κ3) is 3.47. The Labute approximate surface area is 91.5 Å². The molecule has 1 rings (SSSR count). The van der Waals surface area contributed by atoms with Crippen LogP contribution in [0, 0.1) is 0 Å². The third-order valence-electron chi connectivity index (χ3n) is 3.12. The number of hydrogen-bond acceptors (Lipinski definition) is 3. The van der Waals surface area contributed by atoms with Crippen LogP contribution in [0.4, 0.5) is 0 Å². The average molecular weight is 214 g/mol. The lowest BCUT2D eigenvalue weighted by Crippen LogP contribution is -2.53. The number of hydrogen-bond donors (Lipinski definition) is 2. The molecule has 0 spiro atoms. The molecular weight excluding hydrogens is 192 g/mol. The first-order valence-corrected chi connectivity index (χ1v) is 5.75. The van der Waals surface area contributed by atoms with Gasteiger partial charge in [-0.3, -0.25) is 4.79 Å². The molecule has 0 aliphatic heterocycles. The van der Waals surface area contributed by atoms with Crippen molar-refractivity contribution in [3.05, 3.63) is 0 Å². The minimum absolute atomic E-state index is 0.304. The molecule has 0 radical (unpaired) electrons. The summed E-state index contributed by atoms with van der Waals surface area (Å²) in [5.74, 6) is -0.304. The molecule has 15 heavy (non-hydrogen) atoms. The summed E-state index contributed by atoms with van der Waals surface area (Å²) in [6.07, 6.45) is 4.66. The fraction of sp³-hybridized carbons (Fsp3) is 0.909. The summed E-state index contributed by atoms with van der Waals surface area (Å²) in [5.41, 5.74) is 4.74. The van der Waals surface area contributed by atoms with Crippen LogP contribution < -0.4 is 11.1 Å². The van der Waals surface area contributed by atoms with Gasteiger partial charge in [0.05, 0.1) is 11.6 Å². The molecule has 3 N–H and O–H groups in total. The molecule has 0 aromatic heterocycles. The summed E-state index contributed by atoms with van der Waals surface area (Å²) < 4.78 is 5.62. The van der Waals surface area contributed by atoms with E-state index in [4.69, 9.17) is 10.5 Å². The quantitative estimate of drug-likeness (QED) is 0.659. The van der Waals surface area contributed by atoms with E-state index in [1.807, 2.05) is 13.8 Å². The van der Waals surface area contributed by atoms with Gasteiger partial charge in [-0.05, 0) is 39.2 Å². The zero-order valence-corrected chi connectivity index (χ0v) is 9.71. The Bertz CT molecular complexity index is 217. The largest absolute Gasteiger partial charge is 0.378 e. The van der Waals surface area contributed by atoms with Crippen molar-refractivity contribution >= 4 is 5.91 Å². The van der Waals surface area contributed by atoms with Crippen LogP contribution in [0.15, 0.2) is 0 Å². The standard InChI is InChI=1S/C11H22N2O2/c1-3-13-11(2,10(12)14)7-8-15-9-5-4-6-9/h9,13H,3-8H2,1-2H3,(H2,12,14). The molecule has 1 atom stereocenters. The highest BCUT2D eigenvalue weighted by molar-refractivity contribution is 5.84. The molecule has 1 aliphatic rings. The van der Waals surface area contributed by atoms with Gasteiger partial charge in [-0.25, -0.2) is 0 Å². The molecule has 4 nitrogen and oxygen atoms in total. The number of primary amides is 1. The van der Waals surface area contributed by atoms with Gasteiger partial charge in [0, 0.05) is 6.61 Å². The smallest absolute Gasteiger partial charge is 0.237 e. The van der Waals surface area contributed by atoms with Gasteiger partial charge in [0.25, 0.3) is 0 Å². The van der Waals surface area contributed by atoms with E-state index in [2.05, 4.69) is 5.32 Å². The number of ether oxygens (including phenoxy) is 1. The van der Waals surface area contributed by atoms with E-state index in [-0.39, 0.29) is 5.91 Å². The summed E-state index contributed by atoms with van der Waals surface area (Å²) in [5, 5.41) is 3.11. The molecule has 4 heteroatoms. The number of carbonyl (C=O) groups is 1. The molecule has 1 amide bonds. The van der Waals surface area contributed by atoms with Crippen LogP contribution in [-0.4, -0.2) is 30.7 Å². The molecule has 1 fully saturated rings. The highest BCUT2D eigenvalue weighted by atomic mass is 16.5. The second kappa shape index (κ2) is 5.47. The van der Waals surface area contributed by atoms with E-state index in [1.54, 1.807) is 0 Å². The zero-order chi connectivity index (χ0) is 11.3. The van der Waals surface area contributed by atoms with Crippen LogP contribution >= 0.6 is 0 Å². The van der Waals surface area contributed by atoms with Crippen molar-refractivity contribution in [1.29, 1.82) is 0 Å². The second-order valence-electron chi connectivity index (χ2n) is 4.40. The molecule has 0 saturated heterocycles. The molecule has 1 saturated carbocycles. The Balaban J connectivity index is 2.26. The van der Waals surface area contributed by atoms with Crippen molar-refractivity contribution in [2.45, 2.75) is 51.2 Å². The molecule has 1 aliphatic carbocycles.